The van der Waals surface area contributed by atoms with Gasteiger partial charge in [0.1, 0.15) is 0 Å². The number of thioether (sulfide) groups is 1. The molecule has 0 aromatic rings. The highest BCUT2D eigenvalue weighted by Crippen LogP contribution is 2.27. The fourth-order valence-electron chi connectivity index (χ4n) is 1.46. The Labute approximate surface area is 74.6 Å². The van der Waals surface area contributed by atoms with Crippen LogP contribution in [0.2, 0.25) is 0 Å². The van der Waals surface area contributed by atoms with E-state index in [1.807, 2.05) is 11.8 Å². The molecule has 5 heteroatoms. The zero-order valence-electron chi connectivity index (χ0n) is 6.49. The molecule has 1 atom stereocenters. The zero-order chi connectivity index (χ0) is 8.55. The highest BCUT2D eigenvalue weighted by molar-refractivity contribution is 7.99. The second kappa shape index (κ2) is 2.90. The molecular weight excluding hydrogens is 176 g/mol. The predicted octanol–water partition coefficient (Wildman–Crippen LogP) is 0.731. The van der Waals surface area contributed by atoms with Crippen LogP contribution >= 0.6 is 11.8 Å². The molecule has 0 spiro atoms. The number of carbonyl (C=O) groups is 1. The summed E-state index contributed by atoms with van der Waals surface area (Å²) in [5.41, 5.74) is 1.08. The van der Waals surface area contributed by atoms with E-state index in [0.717, 1.165) is 17.3 Å². The quantitative estimate of drug-likeness (QED) is 0.585. The minimum Gasteiger partial charge on any atom is -0.465 e. The Hall–Kier alpha value is -0.840. The summed E-state index contributed by atoms with van der Waals surface area (Å²) >= 11 is 1.81. The molecule has 1 unspecified atom stereocenters. The molecule has 1 fully saturated rings. The first-order chi connectivity index (χ1) is 5.77. The van der Waals surface area contributed by atoms with Gasteiger partial charge in [-0.25, -0.2) is 4.79 Å². The minimum atomic E-state index is -0.858. The van der Waals surface area contributed by atoms with Crippen molar-refractivity contribution in [3.63, 3.8) is 0 Å². The van der Waals surface area contributed by atoms with Crippen LogP contribution in [0.5, 0.6) is 0 Å². The first kappa shape index (κ1) is 7.79. The third kappa shape index (κ3) is 1.24. The largest absolute Gasteiger partial charge is 0.465 e. The van der Waals surface area contributed by atoms with E-state index in [0.29, 0.717) is 12.5 Å². The van der Waals surface area contributed by atoms with Gasteiger partial charge in [-0.1, -0.05) is 0 Å². The summed E-state index contributed by atoms with van der Waals surface area (Å²) in [6, 6.07) is 0. The lowest BCUT2D eigenvalue weighted by Gasteiger charge is -2.20. The molecular formula is C7H10N2O2S. The Balaban J connectivity index is 2.09. The third-order valence-corrected chi connectivity index (χ3v) is 3.08. The van der Waals surface area contributed by atoms with Crippen LogP contribution < -0.4 is 5.32 Å². The van der Waals surface area contributed by atoms with Gasteiger partial charge in [-0.15, -0.1) is 11.8 Å². The van der Waals surface area contributed by atoms with E-state index in [1.165, 1.54) is 4.90 Å². The monoisotopic (exact) mass is 186 g/mol. The van der Waals surface area contributed by atoms with Gasteiger partial charge in [0.2, 0.25) is 0 Å². The second-order valence-corrected chi connectivity index (χ2v) is 3.94. The molecule has 12 heavy (non-hydrogen) atoms. The summed E-state index contributed by atoms with van der Waals surface area (Å²) in [5.74, 6) is 2.32. The van der Waals surface area contributed by atoms with Gasteiger partial charge in [0.05, 0.1) is 5.88 Å². The van der Waals surface area contributed by atoms with Crippen molar-refractivity contribution >= 4 is 17.9 Å². The second-order valence-electron chi connectivity index (χ2n) is 2.91. The molecule has 66 valence electrons. The maximum absolute atomic E-state index is 10.6. The van der Waals surface area contributed by atoms with Crippen LogP contribution in [0.15, 0.2) is 11.9 Å². The zero-order valence-corrected chi connectivity index (χ0v) is 7.30. The Morgan fingerprint density at radius 3 is 3.33 bits per heavy atom. The van der Waals surface area contributed by atoms with E-state index in [1.54, 1.807) is 6.20 Å². The maximum Gasteiger partial charge on any atom is 0.411 e. The first-order valence-electron chi connectivity index (χ1n) is 3.80. The van der Waals surface area contributed by atoms with Crippen molar-refractivity contribution < 1.29 is 9.90 Å². The molecule has 0 radical (unpaired) electrons. The molecule has 2 heterocycles. The summed E-state index contributed by atoms with van der Waals surface area (Å²) in [6.07, 6.45) is 0.843. The SMILES string of the molecule is O=C(O)N1C=C2NCSCC2C1. The molecule has 0 aromatic heterocycles. The lowest BCUT2D eigenvalue weighted by molar-refractivity contribution is 0.164. The topological polar surface area (TPSA) is 52.6 Å². The van der Waals surface area contributed by atoms with Crippen LogP contribution in [-0.4, -0.2) is 34.3 Å². The van der Waals surface area contributed by atoms with E-state index in [4.69, 9.17) is 5.11 Å². The van der Waals surface area contributed by atoms with E-state index < -0.39 is 6.09 Å². The molecule has 2 aliphatic heterocycles. The Bertz CT molecular complexity index is 242. The highest BCUT2D eigenvalue weighted by Gasteiger charge is 2.29. The van der Waals surface area contributed by atoms with E-state index >= 15 is 0 Å². The Kier molecular flexibility index (Phi) is 1.88. The fraction of sp³-hybridized carbons (Fsp3) is 0.571. The van der Waals surface area contributed by atoms with Gasteiger partial charge in [0.25, 0.3) is 0 Å². The van der Waals surface area contributed by atoms with Crippen molar-refractivity contribution in [1.82, 2.24) is 10.2 Å². The maximum atomic E-state index is 10.6. The summed E-state index contributed by atoms with van der Waals surface area (Å²) in [6.45, 7) is 0.616. The summed E-state index contributed by atoms with van der Waals surface area (Å²) in [4.78, 5) is 11.9. The molecule has 1 amide bonds. The molecule has 0 aromatic carbocycles. The van der Waals surface area contributed by atoms with Crippen molar-refractivity contribution in [2.24, 2.45) is 5.92 Å². The number of hydrogen-bond acceptors (Lipinski definition) is 3. The molecule has 2 aliphatic rings. The van der Waals surface area contributed by atoms with Crippen LogP contribution in [0.1, 0.15) is 0 Å². The van der Waals surface area contributed by atoms with Crippen molar-refractivity contribution in [3.8, 4) is 0 Å². The lowest BCUT2D eigenvalue weighted by atomic mass is 10.1. The van der Waals surface area contributed by atoms with Crippen molar-refractivity contribution in [3.05, 3.63) is 11.9 Å². The van der Waals surface area contributed by atoms with Crippen molar-refractivity contribution in [2.45, 2.75) is 0 Å². The fourth-order valence-corrected chi connectivity index (χ4v) is 2.42. The number of nitrogens with zero attached hydrogens (tertiary/aromatic N) is 1. The number of amides is 1. The first-order valence-corrected chi connectivity index (χ1v) is 4.96. The van der Waals surface area contributed by atoms with Crippen LogP contribution in [0.4, 0.5) is 4.79 Å². The summed E-state index contributed by atoms with van der Waals surface area (Å²) in [5, 5.41) is 11.9. The van der Waals surface area contributed by atoms with Crippen LogP contribution in [0.3, 0.4) is 0 Å². The lowest BCUT2D eigenvalue weighted by Crippen LogP contribution is -2.29. The summed E-state index contributed by atoms with van der Waals surface area (Å²) < 4.78 is 0. The van der Waals surface area contributed by atoms with Gasteiger partial charge in [-0.3, -0.25) is 4.90 Å². The Morgan fingerprint density at radius 1 is 1.83 bits per heavy atom. The average molecular weight is 186 g/mol. The van der Waals surface area contributed by atoms with Gasteiger partial charge in [0.15, 0.2) is 0 Å². The van der Waals surface area contributed by atoms with Gasteiger partial charge in [-0.05, 0) is 0 Å². The van der Waals surface area contributed by atoms with Gasteiger partial charge in [-0.2, -0.15) is 0 Å². The van der Waals surface area contributed by atoms with Crippen LogP contribution in [0.25, 0.3) is 0 Å². The van der Waals surface area contributed by atoms with Gasteiger partial charge in [0, 0.05) is 30.1 Å². The van der Waals surface area contributed by atoms with Gasteiger partial charge < -0.3 is 10.4 Å². The number of hydrogen-bond donors (Lipinski definition) is 2. The van der Waals surface area contributed by atoms with Crippen molar-refractivity contribution in [1.29, 1.82) is 0 Å². The third-order valence-electron chi connectivity index (χ3n) is 2.09. The standard InChI is InChI=1S/C7H10N2O2S/c10-7(11)9-1-5-3-12-4-8-6(5)2-9/h2,5,8H,1,3-4H2,(H,10,11). The normalized spacial score (nSPS) is 27.5. The predicted molar refractivity (Wildman–Crippen MR) is 46.8 cm³/mol. The number of carboxylic acid groups (broad SMARTS) is 1. The Morgan fingerprint density at radius 2 is 2.67 bits per heavy atom. The molecule has 4 nitrogen and oxygen atoms in total. The van der Waals surface area contributed by atoms with Crippen LogP contribution in [0, 0.1) is 5.92 Å². The molecule has 2 rings (SSSR count). The molecule has 0 aliphatic carbocycles. The molecule has 1 saturated heterocycles. The molecule has 0 bridgehead atoms. The minimum absolute atomic E-state index is 0.389. The van der Waals surface area contributed by atoms with E-state index in [-0.39, 0.29) is 0 Å². The average Bonchev–Trinajstić information content (AvgIpc) is 2.46. The smallest absolute Gasteiger partial charge is 0.411 e. The van der Waals surface area contributed by atoms with E-state index in [9.17, 15) is 4.79 Å². The number of nitrogens with one attached hydrogen (secondary N) is 1. The van der Waals surface area contributed by atoms with Gasteiger partial charge >= 0.3 is 6.09 Å². The summed E-state index contributed by atoms with van der Waals surface area (Å²) in [7, 11) is 0. The number of rotatable bonds is 0. The highest BCUT2D eigenvalue weighted by atomic mass is 32.2. The number of fused-ring (bicyclic) bond motifs is 1. The molecule has 2 N–H and O–H groups in total. The molecule has 0 saturated carbocycles. The van der Waals surface area contributed by atoms with Crippen molar-refractivity contribution in [2.75, 3.05) is 18.2 Å². The van der Waals surface area contributed by atoms with E-state index in [2.05, 4.69) is 5.32 Å². The van der Waals surface area contributed by atoms with Crippen LogP contribution in [-0.2, 0) is 0 Å².